The van der Waals surface area contributed by atoms with E-state index in [1.165, 1.54) is 0 Å². The lowest BCUT2D eigenvalue weighted by molar-refractivity contribution is -0.138. The van der Waals surface area contributed by atoms with Crippen molar-refractivity contribution < 1.29 is 14.6 Å². The number of nitrogens with two attached hydrogens (primary N) is 1. The number of halogens is 1. The van der Waals surface area contributed by atoms with E-state index in [9.17, 15) is 4.79 Å². The maximum Gasteiger partial charge on any atom is 0.303 e. The van der Waals surface area contributed by atoms with Gasteiger partial charge < -0.3 is 15.6 Å². The van der Waals surface area contributed by atoms with E-state index in [0.717, 1.165) is 15.8 Å². The van der Waals surface area contributed by atoms with Crippen LogP contribution in [-0.2, 0) is 4.79 Å². The average Bonchev–Trinajstić information content (AvgIpc) is 2.30. The van der Waals surface area contributed by atoms with Gasteiger partial charge in [-0.1, -0.05) is 22.9 Å². The summed E-state index contributed by atoms with van der Waals surface area (Å²) in [5, 5.41) is 8.78. The molecule has 0 radical (unpaired) electrons. The van der Waals surface area contributed by atoms with Crippen molar-refractivity contribution in [3.05, 3.63) is 28.2 Å². The van der Waals surface area contributed by atoms with Gasteiger partial charge in [-0.3, -0.25) is 4.79 Å². The first-order valence-corrected chi connectivity index (χ1v) is 7.13. The Hall–Kier alpha value is -1.07. The lowest BCUT2D eigenvalue weighted by atomic mass is 9.94. The minimum absolute atomic E-state index is 0.0287. The monoisotopic (exact) mass is 329 g/mol. The molecular weight excluding hydrogens is 310 g/mol. The molecule has 5 heteroatoms. The van der Waals surface area contributed by atoms with Gasteiger partial charge in [0.05, 0.1) is 6.61 Å². The quantitative estimate of drug-likeness (QED) is 0.804. The zero-order valence-corrected chi connectivity index (χ0v) is 12.8. The van der Waals surface area contributed by atoms with Crippen LogP contribution >= 0.6 is 15.9 Å². The Kier molecular flexibility index (Phi) is 6.31. The predicted molar refractivity (Wildman–Crippen MR) is 78.3 cm³/mol. The van der Waals surface area contributed by atoms with Crippen LogP contribution in [0.4, 0.5) is 0 Å². The van der Waals surface area contributed by atoms with Gasteiger partial charge in [-0.15, -0.1) is 0 Å². The van der Waals surface area contributed by atoms with Crippen molar-refractivity contribution in [2.24, 2.45) is 11.7 Å². The molecule has 4 nitrogen and oxygen atoms in total. The molecule has 1 aromatic carbocycles. The molecule has 3 N–H and O–H groups in total. The maximum atomic E-state index is 10.7. The fraction of sp³-hybridized carbons (Fsp3) is 0.500. The van der Waals surface area contributed by atoms with Crippen LogP contribution < -0.4 is 10.5 Å². The Balaban J connectivity index is 2.82. The molecule has 1 aromatic rings. The highest BCUT2D eigenvalue weighted by Gasteiger charge is 2.17. The molecular formula is C14H20BrNO3. The first-order valence-electron chi connectivity index (χ1n) is 6.33. The number of ether oxygens (including phenoxy) is 1. The van der Waals surface area contributed by atoms with Crippen LogP contribution in [0, 0.1) is 5.92 Å². The lowest BCUT2D eigenvalue weighted by Crippen LogP contribution is -2.17. The predicted octanol–water partition coefficient (Wildman–Crippen LogP) is 3.35. The van der Waals surface area contributed by atoms with E-state index in [2.05, 4.69) is 15.9 Å². The third-order valence-electron chi connectivity index (χ3n) is 2.85. The summed E-state index contributed by atoms with van der Waals surface area (Å²) in [6.45, 7) is 4.39. The van der Waals surface area contributed by atoms with Crippen LogP contribution in [0.1, 0.15) is 38.3 Å². The van der Waals surface area contributed by atoms with Crippen LogP contribution in [0.15, 0.2) is 22.7 Å². The number of carboxylic acids is 1. The molecule has 0 fully saturated rings. The van der Waals surface area contributed by atoms with Crippen LogP contribution in [0.5, 0.6) is 5.75 Å². The molecule has 0 saturated heterocycles. The van der Waals surface area contributed by atoms with Gasteiger partial charge in [0.25, 0.3) is 0 Å². The molecule has 0 heterocycles. The van der Waals surface area contributed by atoms with Gasteiger partial charge in [-0.05, 0) is 37.5 Å². The zero-order valence-electron chi connectivity index (χ0n) is 11.2. The highest BCUT2D eigenvalue weighted by molar-refractivity contribution is 9.10. The van der Waals surface area contributed by atoms with E-state index in [1.807, 2.05) is 32.0 Å². The third kappa shape index (κ3) is 5.20. The maximum absolute atomic E-state index is 10.7. The van der Waals surface area contributed by atoms with Gasteiger partial charge in [-0.25, -0.2) is 0 Å². The molecule has 0 aliphatic carbocycles. The van der Waals surface area contributed by atoms with Crippen molar-refractivity contribution in [3.63, 3.8) is 0 Å². The van der Waals surface area contributed by atoms with Crippen molar-refractivity contribution in [3.8, 4) is 5.75 Å². The molecule has 0 saturated carbocycles. The number of benzene rings is 1. The van der Waals surface area contributed by atoms with Crippen LogP contribution in [0.25, 0.3) is 0 Å². The summed E-state index contributed by atoms with van der Waals surface area (Å²) in [7, 11) is 0. The molecule has 0 aliphatic heterocycles. The van der Waals surface area contributed by atoms with Crippen molar-refractivity contribution in [1.29, 1.82) is 0 Å². The Morgan fingerprint density at radius 3 is 2.79 bits per heavy atom. The van der Waals surface area contributed by atoms with E-state index in [-0.39, 0.29) is 18.4 Å². The first-order chi connectivity index (χ1) is 8.93. The Morgan fingerprint density at radius 1 is 1.53 bits per heavy atom. The molecule has 1 rings (SSSR count). The second-order valence-corrected chi connectivity index (χ2v) is 5.58. The SMILES string of the molecule is CCOc1ccc(Br)cc1C(N)CC(C)CC(=O)O. The van der Waals surface area contributed by atoms with Crippen molar-refractivity contribution >= 4 is 21.9 Å². The fourth-order valence-electron chi connectivity index (χ4n) is 2.04. The molecule has 0 bridgehead atoms. The smallest absolute Gasteiger partial charge is 0.303 e. The Labute approximate surface area is 122 Å². The van der Waals surface area contributed by atoms with Crippen LogP contribution in [0.2, 0.25) is 0 Å². The normalized spacial score (nSPS) is 13.9. The summed E-state index contributed by atoms with van der Waals surface area (Å²) in [6.07, 6.45) is 0.745. The largest absolute Gasteiger partial charge is 0.494 e. The van der Waals surface area contributed by atoms with E-state index in [1.54, 1.807) is 0 Å². The Bertz CT molecular complexity index is 437. The molecule has 0 aromatic heterocycles. The minimum atomic E-state index is -0.793. The summed E-state index contributed by atoms with van der Waals surface area (Å²) in [6, 6.07) is 5.49. The van der Waals surface area contributed by atoms with Crippen LogP contribution in [-0.4, -0.2) is 17.7 Å². The summed E-state index contributed by atoms with van der Waals surface area (Å²) >= 11 is 3.42. The number of carboxylic acid groups (broad SMARTS) is 1. The number of carbonyl (C=O) groups is 1. The van der Waals surface area contributed by atoms with E-state index in [0.29, 0.717) is 13.0 Å². The number of aliphatic carboxylic acids is 1. The molecule has 106 valence electrons. The fourth-order valence-corrected chi connectivity index (χ4v) is 2.42. The second-order valence-electron chi connectivity index (χ2n) is 4.66. The van der Waals surface area contributed by atoms with Crippen LogP contribution in [0.3, 0.4) is 0 Å². The van der Waals surface area contributed by atoms with E-state index < -0.39 is 5.97 Å². The number of rotatable bonds is 7. The third-order valence-corrected chi connectivity index (χ3v) is 3.34. The van der Waals surface area contributed by atoms with Gasteiger partial charge in [0, 0.05) is 22.5 Å². The van der Waals surface area contributed by atoms with Gasteiger partial charge in [-0.2, -0.15) is 0 Å². The summed E-state index contributed by atoms with van der Waals surface area (Å²) in [5.41, 5.74) is 7.09. The average molecular weight is 330 g/mol. The topological polar surface area (TPSA) is 72.5 Å². The van der Waals surface area contributed by atoms with Crippen molar-refractivity contribution in [1.82, 2.24) is 0 Å². The second kappa shape index (κ2) is 7.50. The molecule has 0 aliphatic rings. The molecule has 2 unspecified atom stereocenters. The summed E-state index contributed by atoms with van der Waals surface area (Å²) < 4.78 is 6.50. The number of hydrogen-bond acceptors (Lipinski definition) is 3. The van der Waals surface area contributed by atoms with Crippen molar-refractivity contribution in [2.45, 2.75) is 32.7 Å². The molecule has 2 atom stereocenters. The standard InChI is InChI=1S/C14H20BrNO3/c1-3-19-13-5-4-10(15)8-11(13)12(16)6-9(2)7-14(17)18/h4-5,8-9,12H,3,6-7,16H2,1-2H3,(H,17,18). The highest BCUT2D eigenvalue weighted by atomic mass is 79.9. The molecule has 0 amide bonds. The summed E-state index contributed by atoms with van der Waals surface area (Å²) in [5.74, 6) is 0.000608. The summed E-state index contributed by atoms with van der Waals surface area (Å²) in [4.78, 5) is 10.7. The lowest BCUT2D eigenvalue weighted by Gasteiger charge is -2.19. The molecule has 0 spiro atoms. The van der Waals surface area contributed by atoms with E-state index in [4.69, 9.17) is 15.6 Å². The zero-order chi connectivity index (χ0) is 14.4. The van der Waals surface area contributed by atoms with Gasteiger partial charge in [0.2, 0.25) is 0 Å². The highest BCUT2D eigenvalue weighted by Crippen LogP contribution is 2.31. The van der Waals surface area contributed by atoms with Crippen molar-refractivity contribution in [2.75, 3.05) is 6.61 Å². The van der Waals surface area contributed by atoms with Gasteiger partial charge >= 0.3 is 5.97 Å². The Morgan fingerprint density at radius 2 is 2.21 bits per heavy atom. The minimum Gasteiger partial charge on any atom is -0.494 e. The van der Waals surface area contributed by atoms with Gasteiger partial charge in [0.15, 0.2) is 0 Å². The first kappa shape index (κ1) is 16.0. The number of hydrogen-bond donors (Lipinski definition) is 2. The molecule has 19 heavy (non-hydrogen) atoms. The van der Waals surface area contributed by atoms with Gasteiger partial charge in [0.1, 0.15) is 5.75 Å². The van der Waals surface area contributed by atoms with E-state index >= 15 is 0 Å².